The van der Waals surface area contributed by atoms with Crippen LogP contribution < -0.4 is 11.1 Å². The Morgan fingerprint density at radius 3 is 1.71 bits per heavy atom. The van der Waals surface area contributed by atoms with Crippen LogP contribution in [0.3, 0.4) is 0 Å². The zero-order chi connectivity index (χ0) is 49.5. The fraction of sp³-hybridized carbons (Fsp3) is 0.275. The van der Waals surface area contributed by atoms with Crippen LogP contribution in [0.4, 0.5) is 8.78 Å². The molecule has 2 atom stereocenters. The summed E-state index contributed by atoms with van der Waals surface area (Å²) in [5, 5.41) is 19.6. The van der Waals surface area contributed by atoms with E-state index in [1.807, 2.05) is 53.3 Å². The first-order chi connectivity index (χ1) is 33.1. The van der Waals surface area contributed by atoms with Crippen LogP contribution in [0.15, 0.2) is 134 Å². The van der Waals surface area contributed by atoms with Gasteiger partial charge in [-0.25, -0.2) is 23.5 Å². The molecule has 18 heteroatoms. The van der Waals surface area contributed by atoms with Gasteiger partial charge in [0, 0.05) is 65.7 Å². The summed E-state index contributed by atoms with van der Waals surface area (Å²) in [5.74, 6) is 0.867. The molecule has 4 N–H and O–H groups in total. The molecule has 1 amide bonds. The molecule has 0 aliphatic heterocycles. The summed E-state index contributed by atoms with van der Waals surface area (Å²) in [6.45, 7) is 6.20. The summed E-state index contributed by atoms with van der Waals surface area (Å²) in [5.41, 5.74) is 11.7. The van der Waals surface area contributed by atoms with Crippen molar-refractivity contribution in [2.24, 2.45) is 5.73 Å². The standard InChI is InChI=1S/C26H27FN4O3.C15H20FN3O.C10H8N2O3/c1-17-13-23(30-34-17)19-5-4-6-20(14-19)25(32)28-15-21(11-12-31(2)3)24-16-33-26(29-24)18-7-9-22(27)10-8-18;1-19(2)8-7-12(9-17)14-10-20-15(18-14)11-3-5-13(16)6-4-11;1-6-11-9(12-15-6)7-3-2-4-8(5-7)10(13)14/h4-10,13-14,16,21H,11-12,15H2,1-3H3,(H,28,32);3-6,10,12H,7-9,17H2,1-2H3;2-5H,1H3,(H,13,14). The third kappa shape index (κ3) is 14.9. The van der Waals surface area contributed by atoms with Crippen molar-refractivity contribution in [3.8, 4) is 45.6 Å². The van der Waals surface area contributed by atoms with Gasteiger partial charge in [0.2, 0.25) is 23.5 Å². The van der Waals surface area contributed by atoms with Crippen LogP contribution in [-0.2, 0) is 0 Å². The number of nitrogens with two attached hydrogens (primary N) is 1. The molecule has 8 rings (SSSR count). The van der Waals surface area contributed by atoms with Crippen molar-refractivity contribution in [1.82, 2.24) is 40.4 Å². The van der Waals surface area contributed by atoms with Crippen molar-refractivity contribution >= 4 is 11.9 Å². The maximum absolute atomic E-state index is 13.2. The number of halogens is 2. The molecule has 8 aromatic rings. The van der Waals surface area contributed by atoms with Gasteiger partial charge in [-0.3, -0.25) is 4.79 Å². The maximum Gasteiger partial charge on any atom is 0.335 e. The smallest absolute Gasteiger partial charge is 0.335 e. The van der Waals surface area contributed by atoms with Crippen molar-refractivity contribution < 1.29 is 41.4 Å². The number of carbonyl (C=O) groups is 2. The normalized spacial score (nSPS) is 11.9. The van der Waals surface area contributed by atoms with Crippen LogP contribution in [0.5, 0.6) is 0 Å². The lowest BCUT2D eigenvalue weighted by atomic mass is 10.0. The fourth-order valence-electron chi connectivity index (χ4n) is 6.81. The van der Waals surface area contributed by atoms with Gasteiger partial charge in [-0.1, -0.05) is 34.6 Å². The second kappa shape index (κ2) is 24.4. The number of aromatic carboxylic acids is 1. The number of hydrogen-bond acceptors (Lipinski definition) is 14. The Morgan fingerprint density at radius 2 is 1.20 bits per heavy atom. The molecule has 360 valence electrons. The Hall–Kier alpha value is -7.67. The average molecular weight is 944 g/mol. The van der Waals surface area contributed by atoms with Gasteiger partial charge in [-0.2, -0.15) is 4.98 Å². The molecule has 2 unspecified atom stereocenters. The predicted molar refractivity (Wildman–Crippen MR) is 255 cm³/mol. The van der Waals surface area contributed by atoms with Crippen molar-refractivity contribution in [2.75, 3.05) is 54.4 Å². The van der Waals surface area contributed by atoms with Gasteiger partial charge in [0.05, 0.1) is 17.0 Å². The molecule has 4 aromatic carbocycles. The average Bonchev–Trinajstić information content (AvgIpc) is 4.20. The third-order valence-electron chi connectivity index (χ3n) is 10.6. The van der Waals surface area contributed by atoms with Crippen molar-refractivity contribution in [3.63, 3.8) is 0 Å². The van der Waals surface area contributed by atoms with E-state index in [1.165, 1.54) is 36.4 Å². The highest BCUT2D eigenvalue weighted by atomic mass is 19.1. The van der Waals surface area contributed by atoms with E-state index in [9.17, 15) is 18.4 Å². The molecule has 0 aliphatic rings. The minimum Gasteiger partial charge on any atom is -0.478 e. The highest BCUT2D eigenvalue weighted by molar-refractivity contribution is 5.95. The van der Waals surface area contributed by atoms with E-state index >= 15 is 0 Å². The number of nitrogens with zero attached hydrogens (tertiary/aromatic N) is 7. The number of oxazole rings is 2. The Balaban J connectivity index is 0.000000188. The molecule has 4 heterocycles. The zero-order valence-electron chi connectivity index (χ0n) is 39.2. The van der Waals surface area contributed by atoms with Gasteiger partial charge >= 0.3 is 5.97 Å². The molecular formula is C51H55F2N9O7. The highest BCUT2D eigenvalue weighted by Crippen LogP contribution is 2.27. The number of carbonyl (C=O) groups excluding carboxylic acids is 1. The molecule has 0 fully saturated rings. The molecular weight excluding hydrogens is 889 g/mol. The summed E-state index contributed by atoms with van der Waals surface area (Å²) >= 11 is 0. The van der Waals surface area contributed by atoms with Gasteiger partial charge in [0.1, 0.15) is 35.6 Å². The van der Waals surface area contributed by atoms with E-state index in [0.29, 0.717) is 64.7 Å². The van der Waals surface area contributed by atoms with Crippen LogP contribution >= 0.6 is 0 Å². The van der Waals surface area contributed by atoms with Gasteiger partial charge < -0.3 is 43.8 Å². The Labute approximate surface area is 398 Å². The lowest BCUT2D eigenvalue weighted by Crippen LogP contribution is -2.30. The first-order valence-electron chi connectivity index (χ1n) is 22.0. The topological polar surface area (TPSA) is 216 Å². The molecule has 0 aliphatic carbocycles. The van der Waals surface area contributed by atoms with E-state index in [4.69, 9.17) is 28.7 Å². The highest BCUT2D eigenvalue weighted by Gasteiger charge is 2.20. The van der Waals surface area contributed by atoms with Crippen LogP contribution in [-0.4, -0.2) is 106 Å². The van der Waals surface area contributed by atoms with E-state index in [-0.39, 0.29) is 34.9 Å². The van der Waals surface area contributed by atoms with Crippen LogP contribution in [0.1, 0.15) is 68.4 Å². The van der Waals surface area contributed by atoms with Gasteiger partial charge in [0.15, 0.2) is 0 Å². The predicted octanol–water partition coefficient (Wildman–Crippen LogP) is 9.13. The van der Waals surface area contributed by atoms with Crippen molar-refractivity contribution in [1.29, 1.82) is 0 Å². The Morgan fingerprint density at radius 1 is 0.667 bits per heavy atom. The van der Waals surface area contributed by atoms with Crippen molar-refractivity contribution in [3.05, 3.63) is 161 Å². The first-order valence-corrected chi connectivity index (χ1v) is 22.0. The quantitative estimate of drug-likeness (QED) is 0.0776. The first kappa shape index (κ1) is 50.7. The molecule has 0 spiro atoms. The van der Waals surface area contributed by atoms with E-state index < -0.39 is 5.97 Å². The zero-order valence-corrected chi connectivity index (χ0v) is 39.2. The largest absolute Gasteiger partial charge is 0.478 e. The Kier molecular flexibility index (Phi) is 17.9. The van der Waals surface area contributed by atoms with Crippen LogP contribution in [0, 0.1) is 25.5 Å². The third-order valence-corrected chi connectivity index (χ3v) is 10.6. The fourth-order valence-corrected chi connectivity index (χ4v) is 6.81. The number of aryl methyl sites for hydroxylation is 2. The molecule has 0 saturated heterocycles. The number of amides is 1. The summed E-state index contributed by atoms with van der Waals surface area (Å²) < 4.78 is 47.2. The number of carboxylic acids is 1. The number of benzene rings is 4. The number of aromatic nitrogens is 5. The summed E-state index contributed by atoms with van der Waals surface area (Å²) in [7, 11) is 8.06. The molecule has 69 heavy (non-hydrogen) atoms. The van der Waals surface area contributed by atoms with Gasteiger partial charge in [-0.15, -0.1) is 0 Å². The Bertz CT molecular complexity index is 2870. The van der Waals surface area contributed by atoms with E-state index in [0.717, 1.165) is 48.4 Å². The molecule has 16 nitrogen and oxygen atoms in total. The SMILES string of the molecule is CN(C)CCC(CN)c1coc(-c2ccc(F)cc2)n1.Cc1cc(-c2cccc(C(=O)NCC(CCN(C)C)c3coc(-c4ccc(F)cc4)n3)c2)no1.Cc1nc(-c2cccc(C(=O)O)c2)no1. The summed E-state index contributed by atoms with van der Waals surface area (Å²) in [6.07, 6.45) is 4.96. The lowest BCUT2D eigenvalue weighted by Gasteiger charge is -2.18. The number of hydrogen-bond donors (Lipinski definition) is 3. The second-order valence-corrected chi connectivity index (χ2v) is 16.6. The van der Waals surface area contributed by atoms with Gasteiger partial charge in [-0.05, 0) is 134 Å². The number of carboxylic acid groups (broad SMARTS) is 1. The second-order valence-electron chi connectivity index (χ2n) is 16.6. The number of rotatable bonds is 17. The summed E-state index contributed by atoms with van der Waals surface area (Å²) in [4.78, 5) is 40.9. The number of nitrogens with one attached hydrogen (secondary N) is 1. The minimum absolute atomic E-state index is 0.0503. The molecule has 4 aromatic heterocycles. The monoisotopic (exact) mass is 943 g/mol. The van der Waals surface area contributed by atoms with Crippen LogP contribution in [0.2, 0.25) is 0 Å². The molecule has 0 bridgehead atoms. The van der Waals surface area contributed by atoms with E-state index in [1.54, 1.807) is 68.0 Å². The summed E-state index contributed by atoms with van der Waals surface area (Å²) in [6, 6.07) is 27.6. The lowest BCUT2D eigenvalue weighted by molar-refractivity contribution is 0.0696. The molecule has 0 radical (unpaired) electrons. The van der Waals surface area contributed by atoms with Crippen LogP contribution in [0.25, 0.3) is 45.6 Å². The molecule has 0 saturated carbocycles. The van der Waals surface area contributed by atoms with Crippen molar-refractivity contribution in [2.45, 2.75) is 38.5 Å². The van der Waals surface area contributed by atoms with E-state index in [2.05, 4.69) is 40.4 Å². The maximum atomic E-state index is 13.2. The van der Waals surface area contributed by atoms with Gasteiger partial charge in [0.25, 0.3) is 5.91 Å². The minimum atomic E-state index is -0.975.